The van der Waals surface area contributed by atoms with Crippen molar-refractivity contribution in [3.8, 4) is 0 Å². The van der Waals surface area contributed by atoms with E-state index >= 15 is 0 Å². The van der Waals surface area contributed by atoms with Gasteiger partial charge in [-0.15, -0.1) is 0 Å². The topological polar surface area (TPSA) is 57.3 Å². The molecular formula is C13H22N4O. The van der Waals surface area contributed by atoms with E-state index in [1.807, 2.05) is 34.0 Å². The molecular weight excluding hydrogens is 228 g/mol. The highest BCUT2D eigenvalue weighted by Gasteiger charge is 2.08. The minimum Gasteiger partial charge on any atom is -0.384 e. The van der Waals surface area contributed by atoms with Gasteiger partial charge in [0.05, 0.1) is 0 Å². The fraction of sp³-hybridized carbons (Fsp3) is 0.538. The monoisotopic (exact) mass is 250 g/mol. The number of hydrogen-bond donors (Lipinski definition) is 2. The molecule has 5 heteroatoms. The SMILES string of the molecule is CC(C)NC(=O)c1cc(NCCN(C)C)ccn1. The van der Waals surface area contributed by atoms with Gasteiger partial charge in [-0.3, -0.25) is 9.78 Å². The molecule has 0 unspecified atom stereocenters. The first-order valence-corrected chi connectivity index (χ1v) is 6.14. The predicted molar refractivity (Wildman–Crippen MR) is 73.9 cm³/mol. The highest BCUT2D eigenvalue weighted by atomic mass is 16.1. The molecule has 100 valence electrons. The van der Waals surface area contributed by atoms with Gasteiger partial charge < -0.3 is 15.5 Å². The van der Waals surface area contributed by atoms with Crippen molar-refractivity contribution in [1.29, 1.82) is 0 Å². The molecule has 0 aliphatic rings. The quantitative estimate of drug-likeness (QED) is 0.796. The Bertz CT molecular complexity index is 390. The van der Waals surface area contributed by atoms with Crippen molar-refractivity contribution in [2.24, 2.45) is 0 Å². The van der Waals surface area contributed by atoms with Crippen molar-refractivity contribution in [2.45, 2.75) is 19.9 Å². The zero-order valence-corrected chi connectivity index (χ0v) is 11.5. The number of aromatic nitrogens is 1. The molecule has 5 nitrogen and oxygen atoms in total. The molecule has 0 aliphatic heterocycles. The fourth-order valence-corrected chi connectivity index (χ4v) is 1.42. The summed E-state index contributed by atoms with van der Waals surface area (Å²) in [6.07, 6.45) is 1.65. The summed E-state index contributed by atoms with van der Waals surface area (Å²) in [6.45, 7) is 5.63. The third-order valence-electron chi connectivity index (χ3n) is 2.30. The largest absolute Gasteiger partial charge is 0.384 e. The van der Waals surface area contributed by atoms with Crippen LogP contribution in [0.3, 0.4) is 0 Å². The van der Waals surface area contributed by atoms with E-state index in [0.717, 1.165) is 18.8 Å². The van der Waals surface area contributed by atoms with Gasteiger partial charge in [0.25, 0.3) is 5.91 Å². The predicted octanol–water partition coefficient (Wildman–Crippen LogP) is 1.19. The Morgan fingerprint density at radius 2 is 2.17 bits per heavy atom. The van der Waals surface area contributed by atoms with Crippen LogP contribution in [-0.4, -0.2) is 49.0 Å². The molecule has 18 heavy (non-hydrogen) atoms. The standard InChI is InChI=1S/C13H22N4O/c1-10(2)16-13(18)12-9-11(5-6-15-12)14-7-8-17(3)4/h5-6,9-10H,7-8H2,1-4H3,(H,14,15)(H,16,18). The first-order valence-electron chi connectivity index (χ1n) is 6.14. The molecule has 0 atom stereocenters. The molecule has 0 spiro atoms. The van der Waals surface area contributed by atoms with Gasteiger partial charge in [-0.2, -0.15) is 0 Å². The van der Waals surface area contributed by atoms with Gasteiger partial charge in [-0.25, -0.2) is 0 Å². The molecule has 1 amide bonds. The van der Waals surface area contributed by atoms with E-state index in [1.165, 1.54) is 0 Å². The van der Waals surface area contributed by atoms with E-state index in [1.54, 1.807) is 12.3 Å². The Morgan fingerprint density at radius 1 is 1.44 bits per heavy atom. The highest BCUT2D eigenvalue weighted by molar-refractivity contribution is 5.93. The summed E-state index contributed by atoms with van der Waals surface area (Å²) in [5.41, 5.74) is 1.36. The summed E-state index contributed by atoms with van der Waals surface area (Å²) in [7, 11) is 4.05. The lowest BCUT2D eigenvalue weighted by atomic mass is 10.2. The van der Waals surface area contributed by atoms with Crippen molar-refractivity contribution < 1.29 is 4.79 Å². The second kappa shape index (κ2) is 6.96. The average Bonchev–Trinajstić information content (AvgIpc) is 2.28. The number of carbonyl (C=O) groups is 1. The number of hydrogen-bond acceptors (Lipinski definition) is 4. The maximum Gasteiger partial charge on any atom is 0.270 e. The number of anilines is 1. The number of amides is 1. The van der Waals surface area contributed by atoms with Crippen molar-refractivity contribution in [2.75, 3.05) is 32.5 Å². The Morgan fingerprint density at radius 3 is 2.78 bits per heavy atom. The van der Waals surface area contributed by atoms with Crippen LogP contribution in [0.15, 0.2) is 18.3 Å². The summed E-state index contributed by atoms with van der Waals surface area (Å²) in [4.78, 5) is 18.0. The summed E-state index contributed by atoms with van der Waals surface area (Å²) < 4.78 is 0. The molecule has 0 radical (unpaired) electrons. The maximum atomic E-state index is 11.8. The van der Waals surface area contributed by atoms with Crippen LogP contribution >= 0.6 is 0 Å². The third kappa shape index (κ3) is 5.14. The Balaban J connectivity index is 2.59. The molecule has 0 aliphatic carbocycles. The van der Waals surface area contributed by atoms with Crippen LogP contribution in [0.2, 0.25) is 0 Å². The maximum absolute atomic E-state index is 11.8. The van der Waals surface area contributed by atoms with Crippen LogP contribution < -0.4 is 10.6 Å². The summed E-state index contributed by atoms with van der Waals surface area (Å²) in [5, 5.41) is 6.09. The molecule has 1 aromatic heterocycles. The Labute approximate surface area is 109 Å². The van der Waals surface area contributed by atoms with E-state index in [-0.39, 0.29) is 11.9 Å². The van der Waals surface area contributed by atoms with Gasteiger partial charge in [0.1, 0.15) is 5.69 Å². The molecule has 0 saturated heterocycles. The Hall–Kier alpha value is -1.62. The van der Waals surface area contributed by atoms with Gasteiger partial charge in [-0.1, -0.05) is 0 Å². The van der Waals surface area contributed by atoms with Crippen LogP contribution in [0.1, 0.15) is 24.3 Å². The number of pyridine rings is 1. The van der Waals surface area contributed by atoms with E-state index in [0.29, 0.717) is 5.69 Å². The normalized spacial score (nSPS) is 10.8. The van der Waals surface area contributed by atoms with Crippen molar-refractivity contribution >= 4 is 11.6 Å². The minimum atomic E-state index is -0.138. The minimum absolute atomic E-state index is 0.115. The average molecular weight is 250 g/mol. The zero-order chi connectivity index (χ0) is 13.5. The zero-order valence-electron chi connectivity index (χ0n) is 11.5. The molecule has 0 aromatic carbocycles. The molecule has 0 saturated carbocycles. The summed E-state index contributed by atoms with van der Waals surface area (Å²) in [6, 6.07) is 3.75. The van der Waals surface area contributed by atoms with Crippen molar-refractivity contribution in [1.82, 2.24) is 15.2 Å². The van der Waals surface area contributed by atoms with Crippen molar-refractivity contribution in [3.63, 3.8) is 0 Å². The van der Waals surface area contributed by atoms with Gasteiger partial charge >= 0.3 is 0 Å². The lowest BCUT2D eigenvalue weighted by Gasteiger charge is -2.12. The summed E-state index contributed by atoms with van der Waals surface area (Å²) >= 11 is 0. The Kier molecular flexibility index (Phi) is 5.58. The van der Waals surface area contributed by atoms with Crippen molar-refractivity contribution in [3.05, 3.63) is 24.0 Å². The molecule has 0 fully saturated rings. The van der Waals surface area contributed by atoms with Gasteiger partial charge in [0.15, 0.2) is 0 Å². The summed E-state index contributed by atoms with van der Waals surface area (Å²) in [5.74, 6) is -0.138. The second-order valence-electron chi connectivity index (χ2n) is 4.79. The molecule has 0 bridgehead atoms. The number of nitrogens with zero attached hydrogens (tertiary/aromatic N) is 2. The van der Waals surface area contributed by atoms with Crippen LogP contribution in [0, 0.1) is 0 Å². The van der Waals surface area contributed by atoms with Gasteiger partial charge in [0.2, 0.25) is 0 Å². The van der Waals surface area contributed by atoms with E-state index in [2.05, 4.69) is 20.5 Å². The molecule has 1 aromatic rings. The molecule has 1 rings (SSSR count). The van der Waals surface area contributed by atoms with E-state index in [4.69, 9.17) is 0 Å². The number of carbonyl (C=O) groups excluding carboxylic acids is 1. The number of likely N-dealkylation sites (N-methyl/N-ethyl adjacent to an activating group) is 1. The molecule has 2 N–H and O–H groups in total. The first kappa shape index (κ1) is 14.4. The van der Waals surface area contributed by atoms with Crippen LogP contribution in [-0.2, 0) is 0 Å². The lowest BCUT2D eigenvalue weighted by Crippen LogP contribution is -2.30. The van der Waals surface area contributed by atoms with Crippen LogP contribution in [0.5, 0.6) is 0 Å². The van der Waals surface area contributed by atoms with Gasteiger partial charge in [-0.05, 0) is 40.1 Å². The van der Waals surface area contributed by atoms with E-state index in [9.17, 15) is 4.79 Å². The third-order valence-corrected chi connectivity index (χ3v) is 2.30. The smallest absolute Gasteiger partial charge is 0.270 e. The fourth-order valence-electron chi connectivity index (χ4n) is 1.42. The van der Waals surface area contributed by atoms with Crippen LogP contribution in [0.25, 0.3) is 0 Å². The first-order chi connectivity index (χ1) is 8.49. The lowest BCUT2D eigenvalue weighted by molar-refractivity contribution is 0.0938. The molecule has 1 heterocycles. The second-order valence-corrected chi connectivity index (χ2v) is 4.79. The van der Waals surface area contributed by atoms with Crippen LogP contribution in [0.4, 0.5) is 5.69 Å². The van der Waals surface area contributed by atoms with E-state index < -0.39 is 0 Å². The number of nitrogens with one attached hydrogen (secondary N) is 2. The van der Waals surface area contributed by atoms with Gasteiger partial charge in [0, 0.05) is 31.0 Å². The highest BCUT2D eigenvalue weighted by Crippen LogP contribution is 2.07. The number of rotatable bonds is 6.